The Labute approximate surface area is 172 Å². The molecule has 2 aliphatic heterocycles. The van der Waals surface area contributed by atoms with E-state index in [0.717, 1.165) is 21.8 Å². The van der Waals surface area contributed by atoms with Crippen LogP contribution >= 0.6 is 11.3 Å². The van der Waals surface area contributed by atoms with Crippen molar-refractivity contribution in [3.05, 3.63) is 40.4 Å². The average molecular weight is 414 g/mol. The summed E-state index contributed by atoms with van der Waals surface area (Å²) in [4.78, 5) is 45.8. The van der Waals surface area contributed by atoms with Crippen molar-refractivity contribution < 1.29 is 19.1 Å². The fraction of sp³-hybridized carbons (Fsp3) is 0.400. The summed E-state index contributed by atoms with van der Waals surface area (Å²) >= 11 is 1.35. The maximum Gasteiger partial charge on any atom is 0.413 e. The number of ether oxygens (including phenoxy) is 1. The van der Waals surface area contributed by atoms with Crippen LogP contribution < -0.4 is 10.2 Å². The number of rotatable bonds is 3. The van der Waals surface area contributed by atoms with E-state index in [1.54, 1.807) is 9.80 Å². The molecule has 1 aromatic carbocycles. The van der Waals surface area contributed by atoms with E-state index in [9.17, 15) is 14.4 Å². The number of carbonyl (C=O) groups is 3. The predicted molar refractivity (Wildman–Crippen MR) is 109 cm³/mol. The topological polar surface area (TPSA) is 91.8 Å². The number of nitrogens with zero attached hydrogens (tertiary/aromatic N) is 3. The van der Waals surface area contributed by atoms with Gasteiger partial charge in [0.2, 0.25) is 11.8 Å². The van der Waals surface area contributed by atoms with Crippen LogP contribution in [0.4, 0.5) is 15.6 Å². The van der Waals surface area contributed by atoms with Crippen LogP contribution in [0.25, 0.3) is 0 Å². The summed E-state index contributed by atoms with van der Waals surface area (Å²) < 4.78 is 4.59. The van der Waals surface area contributed by atoms with Gasteiger partial charge in [-0.2, -0.15) is 0 Å². The molecule has 152 valence electrons. The molecule has 2 aromatic rings. The van der Waals surface area contributed by atoms with Gasteiger partial charge in [0.1, 0.15) is 0 Å². The number of hydrogen-bond acceptors (Lipinski definition) is 6. The molecule has 0 spiro atoms. The standard InChI is InChI=1S/C20H22N4O4S/c1-12-3-5-14(6-4-12)24-10-13(9-17(24)25)18(26)23-8-7-15-16(11-23)29-19(21-15)22-20(27)28-2/h3-6,13H,7-11H2,1-2H3,(H,21,22,27). The van der Waals surface area contributed by atoms with Crippen LogP contribution in [0.3, 0.4) is 0 Å². The minimum atomic E-state index is -0.565. The number of thiazole rings is 1. The monoisotopic (exact) mass is 414 g/mol. The number of anilines is 2. The number of methoxy groups -OCH3 is 1. The van der Waals surface area contributed by atoms with E-state index >= 15 is 0 Å². The molecule has 8 nitrogen and oxygen atoms in total. The van der Waals surface area contributed by atoms with Crippen molar-refractivity contribution in [2.24, 2.45) is 5.92 Å². The number of carbonyl (C=O) groups excluding carboxylic acids is 3. The normalized spacial score (nSPS) is 18.6. The average Bonchev–Trinajstić information content (AvgIpc) is 3.30. The van der Waals surface area contributed by atoms with Gasteiger partial charge in [0, 0.05) is 36.5 Å². The number of fused-ring (bicyclic) bond motifs is 1. The van der Waals surface area contributed by atoms with Gasteiger partial charge in [0.15, 0.2) is 5.13 Å². The molecule has 0 radical (unpaired) electrons. The van der Waals surface area contributed by atoms with Crippen LogP contribution in [0.15, 0.2) is 24.3 Å². The van der Waals surface area contributed by atoms with E-state index in [-0.39, 0.29) is 24.2 Å². The number of nitrogens with one attached hydrogen (secondary N) is 1. The Hall–Kier alpha value is -2.94. The van der Waals surface area contributed by atoms with Crippen LogP contribution in [-0.2, 0) is 27.3 Å². The molecule has 1 fully saturated rings. The highest BCUT2D eigenvalue weighted by Crippen LogP contribution is 2.31. The summed E-state index contributed by atoms with van der Waals surface area (Å²) in [6.45, 7) is 3.41. The summed E-state index contributed by atoms with van der Waals surface area (Å²) in [6, 6.07) is 7.77. The van der Waals surface area contributed by atoms with E-state index in [1.165, 1.54) is 18.4 Å². The first-order valence-corrected chi connectivity index (χ1v) is 10.3. The predicted octanol–water partition coefficient (Wildman–Crippen LogP) is 2.57. The third-order valence-electron chi connectivity index (χ3n) is 5.26. The van der Waals surface area contributed by atoms with Crippen LogP contribution in [0.2, 0.25) is 0 Å². The summed E-state index contributed by atoms with van der Waals surface area (Å²) in [5, 5.41) is 3.04. The SMILES string of the molecule is COC(=O)Nc1nc2c(s1)CN(C(=O)C1CC(=O)N(c3ccc(C)cc3)C1)CC2. The molecule has 1 saturated heterocycles. The second kappa shape index (κ2) is 7.82. The number of aryl methyl sites for hydroxylation is 1. The van der Waals surface area contributed by atoms with Crippen LogP contribution in [0, 0.1) is 12.8 Å². The summed E-state index contributed by atoms with van der Waals surface area (Å²) in [6.07, 6.45) is 0.293. The van der Waals surface area contributed by atoms with Gasteiger partial charge in [-0.15, -0.1) is 0 Å². The van der Waals surface area contributed by atoms with E-state index in [2.05, 4.69) is 15.0 Å². The van der Waals surface area contributed by atoms with Gasteiger partial charge >= 0.3 is 6.09 Å². The Balaban J connectivity index is 1.42. The number of hydrogen-bond donors (Lipinski definition) is 1. The van der Waals surface area contributed by atoms with E-state index < -0.39 is 6.09 Å². The zero-order valence-electron chi connectivity index (χ0n) is 16.3. The van der Waals surface area contributed by atoms with Crippen molar-refractivity contribution >= 4 is 40.1 Å². The van der Waals surface area contributed by atoms with Crippen molar-refractivity contribution in [1.29, 1.82) is 0 Å². The first-order chi connectivity index (χ1) is 13.9. The highest BCUT2D eigenvalue weighted by atomic mass is 32.1. The highest BCUT2D eigenvalue weighted by molar-refractivity contribution is 7.15. The first-order valence-electron chi connectivity index (χ1n) is 9.44. The molecular formula is C20H22N4O4S. The van der Waals surface area contributed by atoms with E-state index in [1.807, 2.05) is 31.2 Å². The van der Waals surface area contributed by atoms with Gasteiger partial charge in [-0.05, 0) is 19.1 Å². The zero-order chi connectivity index (χ0) is 20.5. The molecule has 29 heavy (non-hydrogen) atoms. The minimum Gasteiger partial charge on any atom is -0.453 e. The van der Waals surface area contributed by atoms with Gasteiger partial charge < -0.3 is 14.5 Å². The quantitative estimate of drug-likeness (QED) is 0.833. The van der Waals surface area contributed by atoms with Crippen molar-refractivity contribution in [3.8, 4) is 0 Å². The lowest BCUT2D eigenvalue weighted by Crippen LogP contribution is -2.40. The zero-order valence-corrected chi connectivity index (χ0v) is 17.1. The van der Waals surface area contributed by atoms with Crippen LogP contribution in [0.1, 0.15) is 22.6 Å². The molecule has 9 heteroatoms. The second-order valence-corrected chi connectivity index (χ2v) is 8.34. The highest BCUT2D eigenvalue weighted by Gasteiger charge is 2.38. The lowest BCUT2D eigenvalue weighted by atomic mass is 10.1. The van der Waals surface area contributed by atoms with Crippen molar-refractivity contribution in [3.63, 3.8) is 0 Å². The Morgan fingerprint density at radius 1 is 1.28 bits per heavy atom. The first kappa shape index (κ1) is 19.4. The molecule has 1 atom stereocenters. The molecule has 1 unspecified atom stereocenters. The summed E-state index contributed by atoms with van der Waals surface area (Å²) in [7, 11) is 1.30. The number of amides is 3. The third kappa shape index (κ3) is 3.95. The molecular weight excluding hydrogens is 392 g/mol. The van der Waals surface area contributed by atoms with Crippen molar-refractivity contribution in [2.45, 2.75) is 26.3 Å². The third-order valence-corrected chi connectivity index (χ3v) is 6.26. The lowest BCUT2D eigenvalue weighted by molar-refractivity contribution is -0.136. The maximum atomic E-state index is 13.1. The molecule has 1 N–H and O–H groups in total. The van der Waals surface area contributed by atoms with Crippen LogP contribution in [0.5, 0.6) is 0 Å². The van der Waals surface area contributed by atoms with Crippen molar-refractivity contribution in [2.75, 3.05) is 30.4 Å². The Morgan fingerprint density at radius 3 is 2.76 bits per heavy atom. The van der Waals surface area contributed by atoms with E-state index in [4.69, 9.17) is 0 Å². The Morgan fingerprint density at radius 2 is 2.03 bits per heavy atom. The fourth-order valence-corrected chi connectivity index (χ4v) is 4.69. The van der Waals surface area contributed by atoms with Crippen molar-refractivity contribution in [1.82, 2.24) is 9.88 Å². The van der Waals surface area contributed by atoms with Gasteiger partial charge in [0.05, 0.1) is 25.3 Å². The van der Waals surface area contributed by atoms with Gasteiger partial charge in [0.25, 0.3) is 0 Å². The fourth-order valence-electron chi connectivity index (χ4n) is 3.68. The molecule has 1 aromatic heterocycles. The van der Waals surface area contributed by atoms with Gasteiger partial charge in [-0.1, -0.05) is 29.0 Å². The Bertz CT molecular complexity index is 956. The molecule has 0 saturated carbocycles. The van der Waals surface area contributed by atoms with E-state index in [0.29, 0.717) is 31.2 Å². The molecule has 0 bridgehead atoms. The molecule has 2 aliphatic rings. The van der Waals surface area contributed by atoms with Gasteiger partial charge in [-0.25, -0.2) is 9.78 Å². The number of benzene rings is 1. The molecule has 4 rings (SSSR count). The molecule has 0 aliphatic carbocycles. The minimum absolute atomic E-state index is 0.00510. The molecule has 3 heterocycles. The summed E-state index contributed by atoms with van der Waals surface area (Å²) in [5.41, 5.74) is 2.86. The smallest absolute Gasteiger partial charge is 0.413 e. The number of aromatic nitrogens is 1. The Kier molecular flexibility index (Phi) is 5.23. The molecule has 3 amide bonds. The lowest BCUT2D eigenvalue weighted by Gasteiger charge is -2.28. The van der Waals surface area contributed by atoms with Crippen LogP contribution in [-0.4, -0.2) is 48.0 Å². The summed E-state index contributed by atoms with van der Waals surface area (Å²) in [5.74, 6) is -0.368. The second-order valence-electron chi connectivity index (χ2n) is 7.26. The van der Waals surface area contributed by atoms with Gasteiger partial charge in [-0.3, -0.25) is 14.9 Å². The maximum absolute atomic E-state index is 13.1. The largest absolute Gasteiger partial charge is 0.453 e.